The molecule has 22 heavy (non-hydrogen) atoms. The fourth-order valence-electron chi connectivity index (χ4n) is 1.28. The van der Waals surface area contributed by atoms with E-state index in [0.29, 0.717) is 13.0 Å². The van der Waals surface area contributed by atoms with Crippen molar-refractivity contribution < 1.29 is 42.1 Å². The highest BCUT2D eigenvalue weighted by atomic mass is 32.3. The zero-order chi connectivity index (χ0) is 17.3. The van der Waals surface area contributed by atoms with Crippen molar-refractivity contribution in [1.29, 1.82) is 0 Å². The SMILES string of the molecule is NCCc1cccc(OC(C(=O)O)C(=O)O)c1.O=S(=O)(O)O. The highest BCUT2D eigenvalue weighted by molar-refractivity contribution is 7.79. The summed E-state index contributed by atoms with van der Waals surface area (Å²) in [5.41, 5.74) is 6.24. The minimum Gasteiger partial charge on any atom is -0.478 e. The Morgan fingerprint density at radius 1 is 1.18 bits per heavy atom. The van der Waals surface area contributed by atoms with Crippen LogP contribution in [0, 0.1) is 0 Å². The fraction of sp³-hybridized carbons (Fsp3) is 0.273. The van der Waals surface area contributed by atoms with Crippen LogP contribution in [0.2, 0.25) is 0 Å². The smallest absolute Gasteiger partial charge is 0.394 e. The van der Waals surface area contributed by atoms with Gasteiger partial charge in [0, 0.05) is 0 Å². The lowest BCUT2D eigenvalue weighted by Gasteiger charge is -2.11. The summed E-state index contributed by atoms with van der Waals surface area (Å²) in [6, 6.07) is 6.53. The average Bonchev–Trinajstić information content (AvgIpc) is 2.34. The molecule has 0 bridgehead atoms. The number of nitrogens with two attached hydrogens (primary N) is 1. The topological polar surface area (TPSA) is 184 Å². The van der Waals surface area contributed by atoms with E-state index in [1.54, 1.807) is 18.2 Å². The molecular weight excluding hydrogens is 322 g/mol. The number of carboxylic acid groups (broad SMARTS) is 2. The van der Waals surface area contributed by atoms with Gasteiger partial charge < -0.3 is 20.7 Å². The second kappa shape index (κ2) is 8.94. The molecule has 0 aliphatic heterocycles. The monoisotopic (exact) mass is 337 g/mol. The molecule has 0 amide bonds. The van der Waals surface area contributed by atoms with E-state index in [-0.39, 0.29) is 5.75 Å². The summed E-state index contributed by atoms with van der Waals surface area (Å²) in [7, 11) is -4.67. The van der Waals surface area contributed by atoms with Gasteiger partial charge in [0.15, 0.2) is 0 Å². The second-order valence-corrected chi connectivity index (χ2v) is 4.70. The molecular formula is C11H15NO9S. The van der Waals surface area contributed by atoms with Crippen LogP contribution in [0.25, 0.3) is 0 Å². The summed E-state index contributed by atoms with van der Waals surface area (Å²) in [6.07, 6.45) is -1.29. The highest BCUT2D eigenvalue weighted by Crippen LogP contribution is 2.15. The molecule has 124 valence electrons. The minimum absolute atomic E-state index is 0.200. The number of hydrogen-bond acceptors (Lipinski definition) is 6. The second-order valence-electron chi connectivity index (χ2n) is 3.81. The number of aliphatic carboxylic acids is 2. The number of carboxylic acids is 2. The maximum Gasteiger partial charge on any atom is 0.394 e. The number of rotatable bonds is 6. The molecule has 1 rings (SSSR count). The molecule has 0 fully saturated rings. The maximum absolute atomic E-state index is 10.6. The predicted molar refractivity (Wildman–Crippen MR) is 73.1 cm³/mol. The molecule has 10 nitrogen and oxygen atoms in total. The molecule has 6 N–H and O–H groups in total. The van der Waals surface area contributed by atoms with E-state index in [4.69, 9.17) is 38.2 Å². The zero-order valence-corrected chi connectivity index (χ0v) is 11.9. The van der Waals surface area contributed by atoms with E-state index in [2.05, 4.69) is 0 Å². The van der Waals surface area contributed by atoms with Crippen molar-refractivity contribution in [3.05, 3.63) is 29.8 Å². The van der Waals surface area contributed by atoms with E-state index >= 15 is 0 Å². The lowest BCUT2D eigenvalue weighted by atomic mass is 10.1. The third-order valence-corrected chi connectivity index (χ3v) is 2.03. The van der Waals surface area contributed by atoms with Gasteiger partial charge in [-0.25, -0.2) is 9.59 Å². The number of carbonyl (C=O) groups is 2. The Balaban J connectivity index is 0.000000763. The predicted octanol–water partition coefficient (Wildman–Crippen LogP) is -0.548. The normalized spacial score (nSPS) is 10.5. The first-order valence-corrected chi connectivity index (χ1v) is 7.05. The first-order valence-electron chi connectivity index (χ1n) is 5.65. The van der Waals surface area contributed by atoms with Crippen molar-refractivity contribution in [3.63, 3.8) is 0 Å². The Bertz CT molecular complexity index is 592. The first-order chi connectivity index (χ1) is 10.0. The molecule has 0 heterocycles. The van der Waals surface area contributed by atoms with Crippen molar-refractivity contribution in [2.24, 2.45) is 5.73 Å². The largest absolute Gasteiger partial charge is 0.478 e. The Kier molecular flexibility index (Phi) is 8.04. The highest BCUT2D eigenvalue weighted by Gasteiger charge is 2.27. The molecule has 0 unspecified atom stereocenters. The van der Waals surface area contributed by atoms with Crippen LogP contribution in [0.3, 0.4) is 0 Å². The van der Waals surface area contributed by atoms with Crippen molar-refractivity contribution in [1.82, 2.24) is 0 Å². The van der Waals surface area contributed by atoms with Gasteiger partial charge >= 0.3 is 22.3 Å². The summed E-state index contributed by atoms with van der Waals surface area (Å²) in [5.74, 6) is -2.88. The standard InChI is InChI=1S/C11H13NO5.H2O4S/c12-5-4-7-2-1-3-8(6-7)17-9(10(13)14)11(15)16;1-5(2,3)4/h1-3,6,9H,4-5,12H2,(H,13,14)(H,15,16);(H2,1,2,3,4). The summed E-state index contributed by atoms with van der Waals surface area (Å²) in [4.78, 5) is 21.3. The molecule has 0 spiro atoms. The van der Waals surface area contributed by atoms with Crippen molar-refractivity contribution in [2.75, 3.05) is 6.54 Å². The molecule has 0 aliphatic carbocycles. The van der Waals surface area contributed by atoms with Gasteiger partial charge in [-0.3, -0.25) is 9.11 Å². The van der Waals surface area contributed by atoms with Crippen LogP contribution < -0.4 is 10.5 Å². The molecule has 1 aromatic carbocycles. The lowest BCUT2D eigenvalue weighted by molar-refractivity contribution is -0.159. The average molecular weight is 337 g/mol. The van der Waals surface area contributed by atoms with E-state index in [9.17, 15) is 9.59 Å². The molecule has 0 saturated heterocycles. The summed E-state index contributed by atoms with van der Waals surface area (Å²) in [5, 5.41) is 17.3. The van der Waals surface area contributed by atoms with E-state index in [1.807, 2.05) is 0 Å². The van der Waals surface area contributed by atoms with Gasteiger partial charge in [-0.15, -0.1) is 0 Å². The third kappa shape index (κ3) is 9.66. The van der Waals surface area contributed by atoms with E-state index in [0.717, 1.165) is 5.56 Å². The van der Waals surface area contributed by atoms with E-state index < -0.39 is 28.4 Å². The maximum atomic E-state index is 10.6. The molecule has 0 radical (unpaired) electrons. The molecule has 0 atom stereocenters. The molecule has 0 saturated carbocycles. The minimum atomic E-state index is -4.67. The molecule has 0 aromatic heterocycles. The van der Waals surface area contributed by atoms with Crippen molar-refractivity contribution in [2.45, 2.75) is 12.5 Å². The van der Waals surface area contributed by atoms with Gasteiger partial charge in [-0.1, -0.05) is 12.1 Å². The Hall–Kier alpha value is -2.21. The third-order valence-electron chi connectivity index (χ3n) is 2.03. The fourth-order valence-corrected chi connectivity index (χ4v) is 1.28. The molecule has 1 aromatic rings. The van der Waals surface area contributed by atoms with Crippen LogP contribution in [-0.4, -0.2) is 52.3 Å². The lowest BCUT2D eigenvalue weighted by Crippen LogP contribution is -2.35. The summed E-state index contributed by atoms with van der Waals surface area (Å²) in [6.45, 7) is 0.449. The Morgan fingerprint density at radius 2 is 1.68 bits per heavy atom. The number of ether oxygens (including phenoxy) is 1. The van der Waals surface area contributed by atoms with E-state index in [1.165, 1.54) is 6.07 Å². The van der Waals surface area contributed by atoms with Crippen LogP contribution >= 0.6 is 0 Å². The number of benzene rings is 1. The molecule has 0 aliphatic rings. The van der Waals surface area contributed by atoms with Gasteiger partial charge in [-0.2, -0.15) is 8.42 Å². The number of hydrogen-bond donors (Lipinski definition) is 5. The van der Waals surface area contributed by atoms with Gasteiger partial charge in [-0.05, 0) is 30.7 Å². The van der Waals surface area contributed by atoms with Crippen LogP contribution in [0.5, 0.6) is 5.75 Å². The van der Waals surface area contributed by atoms with Crippen molar-refractivity contribution in [3.8, 4) is 5.75 Å². The van der Waals surface area contributed by atoms with Gasteiger partial charge in [0.1, 0.15) is 5.75 Å². The van der Waals surface area contributed by atoms with Crippen molar-refractivity contribution >= 4 is 22.3 Å². The molecule has 11 heteroatoms. The Morgan fingerprint density at radius 3 is 2.09 bits per heavy atom. The quantitative estimate of drug-likeness (QED) is 0.333. The van der Waals surface area contributed by atoms with Gasteiger partial charge in [0.05, 0.1) is 0 Å². The van der Waals surface area contributed by atoms with Gasteiger partial charge in [0.25, 0.3) is 6.10 Å². The van der Waals surface area contributed by atoms with Crippen LogP contribution in [0.15, 0.2) is 24.3 Å². The van der Waals surface area contributed by atoms with Crippen LogP contribution in [0.4, 0.5) is 0 Å². The van der Waals surface area contributed by atoms with Crippen LogP contribution in [-0.2, 0) is 26.4 Å². The first kappa shape index (κ1) is 19.8. The summed E-state index contributed by atoms with van der Waals surface area (Å²) >= 11 is 0. The zero-order valence-electron chi connectivity index (χ0n) is 11.1. The van der Waals surface area contributed by atoms with Gasteiger partial charge in [0.2, 0.25) is 0 Å². The summed E-state index contributed by atoms with van der Waals surface area (Å²) < 4.78 is 36.5. The van der Waals surface area contributed by atoms with Crippen LogP contribution in [0.1, 0.15) is 5.56 Å². The Labute approximate surface area is 125 Å².